The van der Waals surface area contributed by atoms with Crippen LogP contribution in [-0.2, 0) is 6.54 Å². The Morgan fingerprint density at radius 3 is 2.94 bits per heavy atom. The first kappa shape index (κ1) is 10.8. The van der Waals surface area contributed by atoms with E-state index >= 15 is 0 Å². The first-order valence-electron chi connectivity index (χ1n) is 4.94. The molecule has 86 valence electrons. The number of rotatable bonds is 2. The molecule has 16 heavy (non-hydrogen) atoms. The van der Waals surface area contributed by atoms with Crippen molar-refractivity contribution in [1.29, 1.82) is 0 Å². The fraction of sp³-hybridized carbons (Fsp3) is 0.500. The molecule has 1 amide bonds. The standard InChI is InChI=1S/C10H13N3O3/c1-10(6-15)5-13-8(9(16)12(10)2)3-7(4-14)11-13/h3-4,15H,5-6H2,1-2H3. The Bertz CT molecular complexity index is 454. The molecule has 2 heterocycles. The minimum atomic E-state index is -0.670. The molecule has 1 aromatic heterocycles. The van der Waals surface area contributed by atoms with Gasteiger partial charge in [0, 0.05) is 7.05 Å². The maximum atomic E-state index is 12.0. The van der Waals surface area contributed by atoms with Crippen LogP contribution in [-0.4, -0.2) is 51.2 Å². The van der Waals surface area contributed by atoms with Crippen LogP contribution in [0.1, 0.15) is 27.9 Å². The quantitative estimate of drug-likeness (QED) is 0.688. The molecular formula is C10H13N3O3. The Morgan fingerprint density at radius 2 is 2.38 bits per heavy atom. The van der Waals surface area contributed by atoms with Crippen molar-refractivity contribution in [3.05, 3.63) is 17.5 Å². The van der Waals surface area contributed by atoms with E-state index in [4.69, 9.17) is 0 Å². The van der Waals surface area contributed by atoms with E-state index < -0.39 is 5.54 Å². The Balaban J connectivity index is 2.50. The van der Waals surface area contributed by atoms with Crippen LogP contribution in [0, 0.1) is 0 Å². The smallest absolute Gasteiger partial charge is 0.272 e. The monoisotopic (exact) mass is 223 g/mol. The summed E-state index contributed by atoms with van der Waals surface area (Å²) < 4.78 is 1.47. The Hall–Kier alpha value is -1.69. The normalized spacial score (nSPS) is 24.4. The van der Waals surface area contributed by atoms with Crippen LogP contribution in [0.25, 0.3) is 0 Å². The lowest BCUT2D eigenvalue weighted by Crippen LogP contribution is -2.56. The lowest BCUT2D eigenvalue weighted by atomic mass is 9.99. The number of amides is 1. The van der Waals surface area contributed by atoms with Crippen LogP contribution in [0.3, 0.4) is 0 Å². The highest BCUT2D eigenvalue weighted by Gasteiger charge is 2.39. The minimum absolute atomic E-state index is 0.148. The molecule has 2 rings (SSSR count). The van der Waals surface area contributed by atoms with Gasteiger partial charge in [-0.25, -0.2) is 0 Å². The van der Waals surface area contributed by atoms with Gasteiger partial charge in [0.15, 0.2) is 6.29 Å². The third-order valence-electron chi connectivity index (χ3n) is 3.08. The topological polar surface area (TPSA) is 75.4 Å². The second-order valence-electron chi connectivity index (χ2n) is 4.25. The van der Waals surface area contributed by atoms with Crippen molar-refractivity contribution in [3.8, 4) is 0 Å². The van der Waals surface area contributed by atoms with Gasteiger partial charge < -0.3 is 10.0 Å². The number of fused-ring (bicyclic) bond motifs is 1. The number of nitrogens with zero attached hydrogens (tertiary/aromatic N) is 3. The SMILES string of the molecule is CN1C(=O)c2cc(C=O)nn2CC1(C)CO. The van der Waals surface area contributed by atoms with Gasteiger partial charge in [-0.1, -0.05) is 0 Å². The molecule has 0 fully saturated rings. The first-order valence-corrected chi connectivity index (χ1v) is 4.94. The summed E-state index contributed by atoms with van der Waals surface area (Å²) in [7, 11) is 1.63. The summed E-state index contributed by atoms with van der Waals surface area (Å²) in [6, 6.07) is 1.46. The van der Waals surface area contributed by atoms with E-state index in [1.807, 2.05) is 0 Å². The highest BCUT2D eigenvalue weighted by molar-refractivity contribution is 5.95. The van der Waals surface area contributed by atoms with Crippen LogP contribution in [0.4, 0.5) is 0 Å². The Morgan fingerprint density at radius 1 is 1.69 bits per heavy atom. The summed E-state index contributed by atoms with van der Waals surface area (Å²) in [6.07, 6.45) is 0.606. The molecule has 1 aliphatic heterocycles. The van der Waals surface area contributed by atoms with Gasteiger partial charge in [0.25, 0.3) is 5.91 Å². The van der Waals surface area contributed by atoms with E-state index in [9.17, 15) is 14.7 Å². The summed E-state index contributed by atoms with van der Waals surface area (Å²) in [5, 5.41) is 13.3. The van der Waals surface area contributed by atoms with Crippen molar-refractivity contribution in [3.63, 3.8) is 0 Å². The molecule has 1 atom stereocenters. The predicted molar refractivity (Wildman–Crippen MR) is 55.2 cm³/mol. The van der Waals surface area contributed by atoms with E-state index in [0.29, 0.717) is 18.5 Å². The van der Waals surface area contributed by atoms with Crippen LogP contribution in [0.5, 0.6) is 0 Å². The second-order valence-corrected chi connectivity index (χ2v) is 4.25. The fourth-order valence-corrected chi connectivity index (χ4v) is 1.79. The van der Waals surface area contributed by atoms with Gasteiger partial charge in [-0.15, -0.1) is 0 Å². The number of hydrogen-bond acceptors (Lipinski definition) is 4. The largest absolute Gasteiger partial charge is 0.394 e. The molecule has 1 aliphatic rings. The number of aromatic nitrogens is 2. The van der Waals surface area contributed by atoms with Crippen molar-refractivity contribution in [2.45, 2.75) is 19.0 Å². The third kappa shape index (κ3) is 1.34. The van der Waals surface area contributed by atoms with E-state index in [0.717, 1.165) is 0 Å². The number of carbonyl (C=O) groups excluding carboxylic acids is 2. The predicted octanol–water partition coefficient (Wildman–Crippen LogP) is -0.468. The molecule has 0 bridgehead atoms. The Labute approximate surface area is 92.5 Å². The number of carbonyl (C=O) groups is 2. The van der Waals surface area contributed by atoms with Crippen molar-refractivity contribution in [2.24, 2.45) is 0 Å². The summed E-state index contributed by atoms with van der Waals surface area (Å²) in [5.41, 5.74) is -0.0505. The second kappa shape index (κ2) is 3.41. The van der Waals surface area contributed by atoms with Gasteiger partial charge in [0.05, 0.1) is 18.7 Å². The summed E-state index contributed by atoms with van der Waals surface area (Å²) in [6.45, 7) is 2.01. The Kier molecular flexibility index (Phi) is 2.31. The van der Waals surface area contributed by atoms with Gasteiger partial charge in [-0.2, -0.15) is 5.10 Å². The number of likely N-dealkylation sites (N-methyl/N-ethyl adjacent to an activating group) is 1. The molecule has 1 unspecified atom stereocenters. The van der Waals surface area contributed by atoms with Crippen LogP contribution in [0.2, 0.25) is 0 Å². The number of aliphatic hydroxyl groups is 1. The first-order chi connectivity index (χ1) is 7.51. The van der Waals surface area contributed by atoms with Gasteiger partial charge in [-0.05, 0) is 13.0 Å². The third-order valence-corrected chi connectivity index (χ3v) is 3.08. The fourth-order valence-electron chi connectivity index (χ4n) is 1.79. The number of aldehydes is 1. The maximum Gasteiger partial charge on any atom is 0.272 e. The molecule has 0 spiro atoms. The van der Waals surface area contributed by atoms with E-state index in [1.54, 1.807) is 14.0 Å². The molecular weight excluding hydrogens is 210 g/mol. The molecule has 0 aromatic carbocycles. The van der Waals surface area contributed by atoms with E-state index in [1.165, 1.54) is 15.6 Å². The highest BCUT2D eigenvalue weighted by Crippen LogP contribution is 2.24. The molecule has 0 saturated heterocycles. The molecule has 1 aromatic rings. The van der Waals surface area contributed by atoms with E-state index in [-0.39, 0.29) is 18.2 Å². The number of hydrogen-bond donors (Lipinski definition) is 1. The van der Waals surface area contributed by atoms with Crippen molar-refractivity contribution < 1.29 is 14.7 Å². The highest BCUT2D eigenvalue weighted by atomic mass is 16.3. The zero-order valence-electron chi connectivity index (χ0n) is 9.17. The van der Waals surface area contributed by atoms with Crippen molar-refractivity contribution >= 4 is 12.2 Å². The molecule has 0 saturated carbocycles. The summed E-state index contributed by atoms with van der Waals surface area (Å²) in [5.74, 6) is -0.233. The van der Waals surface area contributed by atoms with Gasteiger partial charge in [-0.3, -0.25) is 14.3 Å². The van der Waals surface area contributed by atoms with Gasteiger partial charge in [0.2, 0.25) is 0 Å². The lowest BCUT2D eigenvalue weighted by molar-refractivity contribution is 0.0220. The summed E-state index contributed by atoms with van der Waals surface area (Å²) >= 11 is 0. The number of aliphatic hydroxyl groups excluding tert-OH is 1. The molecule has 0 aliphatic carbocycles. The zero-order valence-corrected chi connectivity index (χ0v) is 9.17. The van der Waals surface area contributed by atoms with Gasteiger partial charge >= 0.3 is 0 Å². The van der Waals surface area contributed by atoms with Crippen LogP contribution >= 0.6 is 0 Å². The summed E-state index contributed by atoms with van der Waals surface area (Å²) in [4.78, 5) is 24.0. The maximum absolute atomic E-state index is 12.0. The zero-order chi connectivity index (χ0) is 11.9. The minimum Gasteiger partial charge on any atom is -0.394 e. The van der Waals surface area contributed by atoms with Crippen LogP contribution < -0.4 is 0 Å². The van der Waals surface area contributed by atoms with Crippen LogP contribution in [0.15, 0.2) is 6.07 Å². The van der Waals surface area contributed by atoms with E-state index in [2.05, 4.69) is 5.10 Å². The molecule has 0 radical (unpaired) electrons. The average molecular weight is 223 g/mol. The van der Waals surface area contributed by atoms with Crippen molar-refractivity contribution in [2.75, 3.05) is 13.7 Å². The molecule has 6 heteroatoms. The lowest BCUT2D eigenvalue weighted by Gasteiger charge is -2.41. The molecule has 6 nitrogen and oxygen atoms in total. The molecule has 1 N–H and O–H groups in total. The average Bonchev–Trinajstić information content (AvgIpc) is 2.69. The van der Waals surface area contributed by atoms with Crippen molar-refractivity contribution in [1.82, 2.24) is 14.7 Å². The van der Waals surface area contributed by atoms with Gasteiger partial charge in [0.1, 0.15) is 11.4 Å².